The lowest BCUT2D eigenvalue weighted by molar-refractivity contribution is -0.118. The summed E-state index contributed by atoms with van der Waals surface area (Å²) in [5.41, 5.74) is 0.235. The Hall–Kier alpha value is -1.40. The number of hydrogen-bond donors (Lipinski definition) is 1. The molecule has 0 radical (unpaired) electrons. The summed E-state index contributed by atoms with van der Waals surface area (Å²) in [7, 11) is 0. The predicted octanol–water partition coefficient (Wildman–Crippen LogP) is 1.45. The smallest absolute Gasteiger partial charge is 0.274 e. The summed E-state index contributed by atoms with van der Waals surface area (Å²) in [6, 6.07) is 2.19. The average Bonchev–Trinajstić information content (AvgIpc) is 2.95. The van der Waals surface area contributed by atoms with Crippen molar-refractivity contribution >= 4 is 5.91 Å². The van der Waals surface area contributed by atoms with Crippen molar-refractivity contribution < 1.29 is 9.53 Å². The van der Waals surface area contributed by atoms with Gasteiger partial charge >= 0.3 is 0 Å². The van der Waals surface area contributed by atoms with Gasteiger partial charge in [-0.05, 0) is 46.2 Å². The molecular formula is C16H26N4O2. The Morgan fingerprint density at radius 1 is 1.50 bits per heavy atom. The van der Waals surface area contributed by atoms with E-state index in [4.69, 9.17) is 4.74 Å². The molecule has 2 unspecified atom stereocenters. The molecule has 1 aromatic heterocycles. The van der Waals surface area contributed by atoms with E-state index in [1.54, 1.807) is 0 Å². The fourth-order valence-corrected chi connectivity index (χ4v) is 3.49. The van der Waals surface area contributed by atoms with Crippen LogP contribution in [0, 0.1) is 0 Å². The van der Waals surface area contributed by atoms with Gasteiger partial charge in [-0.1, -0.05) is 0 Å². The first-order valence-electron chi connectivity index (χ1n) is 8.17. The molecule has 0 aliphatic carbocycles. The lowest BCUT2D eigenvalue weighted by atomic mass is 10.1. The van der Waals surface area contributed by atoms with Crippen LogP contribution in [0.5, 0.6) is 0 Å². The highest BCUT2D eigenvalue weighted by Crippen LogP contribution is 2.22. The van der Waals surface area contributed by atoms with E-state index >= 15 is 0 Å². The second-order valence-corrected chi connectivity index (χ2v) is 7.06. The maximum Gasteiger partial charge on any atom is 0.274 e. The summed E-state index contributed by atoms with van der Waals surface area (Å²) in [4.78, 5) is 14.6. The van der Waals surface area contributed by atoms with Crippen LogP contribution in [0.1, 0.15) is 50.1 Å². The van der Waals surface area contributed by atoms with Crippen LogP contribution >= 0.6 is 0 Å². The highest BCUT2D eigenvalue weighted by molar-refractivity contribution is 5.92. The topological polar surface area (TPSA) is 59.4 Å². The Morgan fingerprint density at radius 2 is 2.32 bits per heavy atom. The van der Waals surface area contributed by atoms with Gasteiger partial charge in [-0.15, -0.1) is 0 Å². The number of hydrogen-bond acceptors (Lipinski definition) is 4. The fraction of sp³-hybridized carbons (Fsp3) is 0.750. The van der Waals surface area contributed by atoms with Crippen LogP contribution in [-0.4, -0.2) is 58.5 Å². The monoisotopic (exact) mass is 306 g/mol. The van der Waals surface area contributed by atoms with Gasteiger partial charge in [0.2, 0.25) is 0 Å². The van der Waals surface area contributed by atoms with Crippen molar-refractivity contribution in [3.63, 3.8) is 0 Å². The van der Waals surface area contributed by atoms with Gasteiger partial charge in [0.1, 0.15) is 5.69 Å². The molecule has 2 aliphatic rings. The Labute approximate surface area is 131 Å². The number of nitrogens with zero attached hydrogens (tertiary/aromatic N) is 3. The number of carbonyl (C=O) groups is 1. The Morgan fingerprint density at radius 3 is 3.00 bits per heavy atom. The van der Waals surface area contributed by atoms with Gasteiger partial charge < -0.3 is 15.0 Å². The summed E-state index contributed by atoms with van der Waals surface area (Å²) in [5, 5.41) is 7.91. The quantitative estimate of drug-likeness (QED) is 0.898. The second-order valence-electron chi connectivity index (χ2n) is 7.06. The lowest BCUT2D eigenvalue weighted by Crippen LogP contribution is -2.53. The second kappa shape index (κ2) is 6.01. The molecule has 3 heterocycles. The number of rotatable bonds is 2. The largest absolute Gasteiger partial charge is 0.369 e. The summed E-state index contributed by atoms with van der Waals surface area (Å²) >= 11 is 0. The molecule has 122 valence electrons. The minimum Gasteiger partial charge on any atom is -0.369 e. The molecule has 1 amide bonds. The average molecular weight is 306 g/mol. The van der Waals surface area contributed by atoms with Gasteiger partial charge in [0.15, 0.2) is 0 Å². The van der Waals surface area contributed by atoms with Crippen LogP contribution < -0.4 is 5.32 Å². The normalized spacial score (nSPS) is 28.6. The number of amides is 1. The Kier molecular flexibility index (Phi) is 4.23. The number of ether oxygens (including phenoxy) is 1. The van der Waals surface area contributed by atoms with Gasteiger partial charge in [-0.3, -0.25) is 9.48 Å². The van der Waals surface area contributed by atoms with E-state index in [-0.39, 0.29) is 17.6 Å². The minimum absolute atomic E-state index is 0.00532. The number of aromatic nitrogens is 2. The zero-order valence-corrected chi connectivity index (χ0v) is 13.7. The lowest BCUT2D eigenvalue weighted by Gasteiger charge is -2.41. The number of morpholine rings is 1. The predicted molar refractivity (Wildman–Crippen MR) is 83.9 cm³/mol. The molecule has 6 nitrogen and oxygen atoms in total. The van der Waals surface area contributed by atoms with Crippen LogP contribution in [0.4, 0.5) is 0 Å². The minimum atomic E-state index is -0.302. The van der Waals surface area contributed by atoms with Crippen LogP contribution in [0.2, 0.25) is 0 Å². The van der Waals surface area contributed by atoms with E-state index in [9.17, 15) is 4.79 Å². The maximum absolute atomic E-state index is 12.7. The van der Waals surface area contributed by atoms with Crippen molar-refractivity contribution in [1.29, 1.82) is 0 Å². The van der Waals surface area contributed by atoms with Crippen LogP contribution in [0.15, 0.2) is 12.3 Å². The first-order chi connectivity index (χ1) is 10.4. The third kappa shape index (κ3) is 3.33. The molecule has 0 aromatic carbocycles. The standard InChI is InChI=1S/C16H26N4O2/c1-12-10-19(11-16(2,3)22-12)15(21)14-6-8-20(18-14)13-5-4-7-17-9-13/h6,8,12-13,17H,4-5,7,9-11H2,1-3H3. The van der Waals surface area contributed by atoms with Crippen molar-refractivity contribution in [2.24, 2.45) is 0 Å². The van der Waals surface area contributed by atoms with E-state index in [1.165, 1.54) is 0 Å². The van der Waals surface area contributed by atoms with Crippen LogP contribution in [-0.2, 0) is 4.74 Å². The molecule has 3 rings (SSSR count). The van der Waals surface area contributed by atoms with E-state index in [1.807, 2.05) is 42.6 Å². The zero-order chi connectivity index (χ0) is 15.7. The van der Waals surface area contributed by atoms with Crippen molar-refractivity contribution in [2.45, 2.75) is 51.4 Å². The highest BCUT2D eigenvalue weighted by atomic mass is 16.5. The third-order valence-corrected chi connectivity index (χ3v) is 4.33. The van der Waals surface area contributed by atoms with E-state index in [0.29, 0.717) is 24.8 Å². The van der Waals surface area contributed by atoms with E-state index in [2.05, 4.69) is 10.4 Å². The molecule has 2 fully saturated rings. The molecule has 2 saturated heterocycles. The molecule has 22 heavy (non-hydrogen) atoms. The highest BCUT2D eigenvalue weighted by Gasteiger charge is 2.34. The zero-order valence-electron chi connectivity index (χ0n) is 13.7. The van der Waals surface area contributed by atoms with E-state index < -0.39 is 0 Å². The molecule has 6 heteroatoms. The maximum atomic E-state index is 12.7. The van der Waals surface area contributed by atoms with Gasteiger partial charge in [-0.25, -0.2) is 0 Å². The summed E-state index contributed by atoms with van der Waals surface area (Å²) < 4.78 is 7.80. The number of nitrogens with one attached hydrogen (secondary N) is 1. The fourth-order valence-electron chi connectivity index (χ4n) is 3.49. The molecule has 0 bridgehead atoms. The van der Waals surface area contributed by atoms with Gasteiger partial charge in [-0.2, -0.15) is 5.10 Å². The summed E-state index contributed by atoms with van der Waals surface area (Å²) in [6.07, 6.45) is 4.25. The van der Waals surface area contributed by atoms with Crippen molar-refractivity contribution in [3.8, 4) is 0 Å². The number of carbonyl (C=O) groups excluding carboxylic acids is 1. The van der Waals surface area contributed by atoms with Crippen LogP contribution in [0.25, 0.3) is 0 Å². The van der Waals surface area contributed by atoms with Crippen LogP contribution in [0.3, 0.4) is 0 Å². The van der Waals surface area contributed by atoms with Crippen molar-refractivity contribution in [3.05, 3.63) is 18.0 Å². The SMILES string of the molecule is CC1CN(C(=O)c2ccn(C3CCCNC3)n2)CC(C)(C)O1. The molecule has 2 atom stereocenters. The summed E-state index contributed by atoms with van der Waals surface area (Å²) in [5.74, 6) is 0.00532. The van der Waals surface area contributed by atoms with E-state index in [0.717, 1.165) is 25.9 Å². The van der Waals surface area contributed by atoms with Crippen molar-refractivity contribution in [1.82, 2.24) is 20.0 Å². The van der Waals surface area contributed by atoms with Crippen molar-refractivity contribution in [2.75, 3.05) is 26.2 Å². The first-order valence-corrected chi connectivity index (χ1v) is 8.17. The van der Waals surface area contributed by atoms with Gasteiger partial charge in [0.05, 0.1) is 17.7 Å². The molecule has 2 aliphatic heterocycles. The summed E-state index contributed by atoms with van der Waals surface area (Å²) in [6.45, 7) is 9.29. The molecule has 1 aromatic rings. The Balaban J connectivity index is 1.71. The molecule has 0 saturated carbocycles. The van der Waals surface area contributed by atoms with Gasteiger partial charge in [0.25, 0.3) is 5.91 Å². The Bertz CT molecular complexity index is 534. The first kappa shape index (κ1) is 15.5. The third-order valence-electron chi connectivity index (χ3n) is 4.33. The molecule has 1 N–H and O–H groups in total. The van der Waals surface area contributed by atoms with Gasteiger partial charge in [0, 0.05) is 25.8 Å². The molecular weight excluding hydrogens is 280 g/mol. The number of piperidine rings is 1. The molecule has 0 spiro atoms.